The number of aromatic nitrogens is 1. The summed E-state index contributed by atoms with van der Waals surface area (Å²) in [6, 6.07) is -1.14. The van der Waals surface area contributed by atoms with Crippen molar-refractivity contribution in [3.63, 3.8) is 0 Å². The lowest BCUT2D eigenvalue weighted by molar-refractivity contribution is -0.153. The van der Waals surface area contributed by atoms with Crippen LogP contribution in [0.4, 0.5) is 5.82 Å². The molecule has 0 aromatic carbocycles. The summed E-state index contributed by atoms with van der Waals surface area (Å²) in [7, 11) is 3.07. The number of halogens is 4. The number of aliphatic hydroxyl groups is 3. The SMILES string of the molecule is CCNc1nc(Cl)c2c(c1O)C(O)=C1C(=O)[C@]3(O)C(O)=C(C(N)=O)C(=O)[C@@H](N(C)C)[C@@H]3C[C@@H]1C2.Cl.Cl.Cl. The van der Waals surface area contributed by atoms with E-state index in [1.807, 2.05) is 0 Å². The van der Waals surface area contributed by atoms with Crippen LogP contribution in [-0.2, 0) is 20.8 Å². The van der Waals surface area contributed by atoms with Gasteiger partial charge in [-0.25, -0.2) is 4.98 Å². The number of aromatic hydroxyl groups is 1. The fourth-order valence-electron chi connectivity index (χ4n) is 5.45. The number of anilines is 1. The number of hydrogen-bond donors (Lipinski definition) is 6. The number of amides is 1. The van der Waals surface area contributed by atoms with Crippen LogP contribution >= 0.6 is 48.8 Å². The first kappa shape index (κ1) is 32.7. The van der Waals surface area contributed by atoms with Crippen LogP contribution in [0.5, 0.6) is 5.75 Å². The van der Waals surface area contributed by atoms with E-state index in [4.69, 9.17) is 17.3 Å². The number of nitrogens with two attached hydrogens (primary N) is 1. The van der Waals surface area contributed by atoms with Crippen molar-refractivity contribution < 1.29 is 34.8 Å². The third kappa shape index (κ3) is 4.51. The van der Waals surface area contributed by atoms with Crippen LogP contribution in [-0.4, -0.2) is 80.1 Å². The molecule has 206 valence electrons. The molecule has 0 saturated heterocycles. The number of Topliss-reactive ketones (excluding diaryl/α,β-unsaturated/α-hetero) is 2. The summed E-state index contributed by atoms with van der Waals surface area (Å²) in [6.45, 7) is 2.16. The van der Waals surface area contributed by atoms with E-state index >= 15 is 0 Å². The van der Waals surface area contributed by atoms with Crippen LogP contribution in [0.3, 0.4) is 0 Å². The summed E-state index contributed by atoms with van der Waals surface area (Å²) in [6.07, 6.45) is 0.0676. The van der Waals surface area contributed by atoms with E-state index in [-0.39, 0.29) is 72.2 Å². The summed E-state index contributed by atoms with van der Waals surface area (Å²) in [5.41, 5.74) is 1.73. The lowest BCUT2D eigenvalue weighted by Crippen LogP contribution is -2.65. The van der Waals surface area contributed by atoms with Gasteiger partial charge < -0.3 is 31.5 Å². The zero-order chi connectivity index (χ0) is 25.3. The summed E-state index contributed by atoms with van der Waals surface area (Å²) >= 11 is 6.34. The molecule has 0 bridgehead atoms. The molecule has 0 aliphatic heterocycles. The fourth-order valence-corrected chi connectivity index (χ4v) is 5.70. The number of pyridine rings is 1. The van der Waals surface area contributed by atoms with Gasteiger partial charge in [0.15, 0.2) is 23.0 Å². The summed E-state index contributed by atoms with van der Waals surface area (Å²) < 4.78 is 0. The normalized spacial score (nSPS) is 26.3. The Kier molecular flexibility index (Phi) is 9.93. The molecule has 1 aromatic rings. The minimum atomic E-state index is -2.68. The van der Waals surface area contributed by atoms with E-state index < -0.39 is 63.8 Å². The molecule has 15 heteroatoms. The first-order chi connectivity index (χ1) is 15.9. The van der Waals surface area contributed by atoms with E-state index in [9.17, 15) is 34.8 Å². The van der Waals surface area contributed by atoms with Crippen molar-refractivity contribution in [1.29, 1.82) is 0 Å². The minimum absolute atomic E-state index is 0. The number of carbonyl (C=O) groups excluding carboxylic acids is 3. The molecule has 11 nitrogen and oxygen atoms in total. The van der Waals surface area contributed by atoms with E-state index in [0.29, 0.717) is 12.1 Å². The smallest absolute Gasteiger partial charge is 0.255 e. The highest BCUT2D eigenvalue weighted by Gasteiger charge is 2.64. The Balaban J connectivity index is 0.00000228. The number of carbonyl (C=O) groups is 3. The molecule has 1 amide bonds. The third-order valence-corrected chi connectivity index (χ3v) is 7.19. The highest BCUT2D eigenvalue weighted by atomic mass is 35.5. The Bertz CT molecular complexity index is 1220. The Morgan fingerprint density at radius 3 is 2.32 bits per heavy atom. The van der Waals surface area contributed by atoms with Gasteiger partial charge in [-0.1, -0.05) is 11.6 Å². The van der Waals surface area contributed by atoms with Crippen molar-refractivity contribution >= 4 is 77.9 Å². The Morgan fingerprint density at radius 2 is 1.81 bits per heavy atom. The zero-order valence-electron chi connectivity index (χ0n) is 19.9. The van der Waals surface area contributed by atoms with E-state index in [1.165, 1.54) is 19.0 Å². The second kappa shape index (κ2) is 11.2. The Morgan fingerprint density at radius 1 is 1.22 bits per heavy atom. The number of likely N-dealkylation sites (N-methyl/N-ethyl adjacent to an activating group) is 1. The number of nitrogens with one attached hydrogen (secondary N) is 1. The van der Waals surface area contributed by atoms with Crippen molar-refractivity contribution in [1.82, 2.24) is 9.88 Å². The molecule has 3 aliphatic carbocycles. The Labute approximate surface area is 236 Å². The van der Waals surface area contributed by atoms with Crippen molar-refractivity contribution in [3.05, 3.63) is 33.2 Å². The molecule has 0 spiro atoms. The van der Waals surface area contributed by atoms with Crippen molar-refractivity contribution in [2.75, 3.05) is 26.0 Å². The molecular formula is C22H28Cl4N4O7. The predicted molar refractivity (Wildman–Crippen MR) is 143 cm³/mol. The van der Waals surface area contributed by atoms with Crippen molar-refractivity contribution in [2.45, 2.75) is 31.4 Å². The monoisotopic (exact) mass is 600 g/mol. The van der Waals surface area contributed by atoms with Gasteiger partial charge in [-0.3, -0.25) is 19.3 Å². The number of primary amides is 1. The van der Waals surface area contributed by atoms with Crippen LogP contribution in [0, 0.1) is 11.8 Å². The standard InChI is InChI=1S/C22H25ClN4O7.3ClH/c1-4-25-21-16(30)11-8(19(23)26-21)5-7-6-9-13(27(2)3)15(29)12(20(24)33)18(32)22(9,34)17(31)10(7)14(11)28;;;/h7,9,13,28,30,32,34H,4-6H2,1-3H3,(H2,24,33)(H,25,26);3*1H/t7-,9-,13-,22-;;;/m0.../s1. The van der Waals surface area contributed by atoms with Gasteiger partial charge in [0.25, 0.3) is 5.91 Å². The number of aliphatic hydroxyl groups excluding tert-OH is 2. The van der Waals surface area contributed by atoms with Gasteiger partial charge in [0.1, 0.15) is 22.2 Å². The second-order valence-electron chi connectivity index (χ2n) is 8.95. The van der Waals surface area contributed by atoms with Crippen molar-refractivity contribution in [3.8, 4) is 5.75 Å². The van der Waals surface area contributed by atoms with Gasteiger partial charge in [0.05, 0.1) is 11.6 Å². The van der Waals surface area contributed by atoms with Gasteiger partial charge >= 0.3 is 0 Å². The average Bonchev–Trinajstić information content (AvgIpc) is 2.74. The minimum Gasteiger partial charge on any atom is -0.508 e. The summed E-state index contributed by atoms with van der Waals surface area (Å²) in [4.78, 5) is 44.3. The predicted octanol–water partition coefficient (Wildman–Crippen LogP) is 1.71. The van der Waals surface area contributed by atoms with Gasteiger partial charge in [-0.05, 0) is 39.8 Å². The van der Waals surface area contributed by atoms with Crippen LogP contribution in [0.2, 0.25) is 5.15 Å². The molecule has 1 heterocycles. The van der Waals surface area contributed by atoms with Gasteiger partial charge in [-0.15, -0.1) is 37.2 Å². The molecule has 1 aromatic heterocycles. The summed E-state index contributed by atoms with van der Waals surface area (Å²) in [5, 5.41) is 47.0. The molecule has 0 radical (unpaired) electrons. The third-order valence-electron chi connectivity index (χ3n) is 6.88. The number of hydrogen-bond acceptors (Lipinski definition) is 10. The van der Waals surface area contributed by atoms with Gasteiger partial charge in [0, 0.05) is 23.6 Å². The maximum Gasteiger partial charge on any atom is 0.255 e. The topological polar surface area (TPSA) is 186 Å². The highest BCUT2D eigenvalue weighted by molar-refractivity contribution is 6.31. The average molecular weight is 602 g/mol. The maximum atomic E-state index is 13.7. The molecular weight excluding hydrogens is 574 g/mol. The fraction of sp³-hybridized carbons (Fsp3) is 0.455. The molecule has 1 fully saturated rings. The first-order valence-corrected chi connectivity index (χ1v) is 11.1. The number of rotatable bonds is 4. The molecule has 4 atom stereocenters. The van der Waals surface area contributed by atoms with Crippen LogP contribution < -0.4 is 11.1 Å². The second-order valence-corrected chi connectivity index (χ2v) is 9.30. The Hall–Kier alpha value is -2.28. The first-order valence-electron chi connectivity index (χ1n) is 10.7. The highest BCUT2D eigenvalue weighted by Crippen LogP contribution is 2.53. The molecule has 3 aliphatic rings. The summed E-state index contributed by atoms with van der Waals surface area (Å²) in [5.74, 6) is -7.18. The van der Waals surface area contributed by atoms with Crippen LogP contribution in [0.15, 0.2) is 16.9 Å². The van der Waals surface area contributed by atoms with Crippen LogP contribution in [0.1, 0.15) is 24.5 Å². The van der Waals surface area contributed by atoms with E-state index in [1.54, 1.807) is 6.92 Å². The number of fused-ring (bicyclic) bond motifs is 3. The van der Waals surface area contributed by atoms with Gasteiger partial charge in [0.2, 0.25) is 5.78 Å². The number of ketones is 2. The molecule has 1 saturated carbocycles. The van der Waals surface area contributed by atoms with Gasteiger partial charge in [-0.2, -0.15) is 0 Å². The zero-order valence-corrected chi connectivity index (χ0v) is 23.1. The molecule has 0 unspecified atom stereocenters. The lowest BCUT2D eigenvalue weighted by atomic mass is 9.57. The van der Waals surface area contributed by atoms with Crippen molar-refractivity contribution in [2.24, 2.45) is 17.6 Å². The quantitative estimate of drug-likeness (QED) is 0.219. The molecule has 4 rings (SSSR count). The largest absolute Gasteiger partial charge is 0.508 e. The van der Waals surface area contributed by atoms with E-state index in [2.05, 4.69) is 10.3 Å². The number of nitrogens with zero attached hydrogens (tertiary/aromatic N) is 2. The maximum absolute atomic E-state index is 13.7. The molecule has 7 N–H and O–H groups in total. The van der Waals surface area contributed by atoms with Crippen LogP contribution in [0.25, 0.3) is 5.76 Å². The van der Waals surface area contributed by atoms with E-state index in [0.717, 1.165) is 0 Å². The molecule has 37 heavy (non-hydrogen) atoms. The lowest BCUT2D eigenvalue weighted by Gasteiger charge is -2.50.